The highest BCUT2D eigenvalue weighted by Crippen LogP contribution is 2.45. The lowest BCUT2D eigenvalue weighted by molar-refractivity contribution is -0.0593. The number of aliphatic hydroxyl groups is 1. The highest BCUT2D eigenvalue weighted by atomic mass is 16.5. The maximum Gasteiger partial charge on any atom is 0.132 e. The Morgan fingerprint density at radius 3 is 2.93 bits per heavy atom. The molecule has 0 amide bonds. The largest absolute Gasteiger partial charge is 0.381 e. The molecule has 2 rings (SSSR count). The van der Waals surface area contributed by atoms with Crippen LogP contribution in [0.2, 0.25) is 0 Å². The first-order valence-corrected chi connectivity index (χ1v) is 5.46. The minimum absolute atomic E-state index is 0.333. The predicted molar refractivity (Wildman–Crippen MR) is 56.4 cm³/mol. The molecule has 1 heterocycles. The van der Waals surface area contributed by atoms with Crippen LogP contribution in [-0.4, -0.2) is 28.6 Å². The molecule has 1 saturated carbocycles. The van der Waals surface area contributed by atoms with Gasteiger partial charge in [0.05, 0.1) is 12.3 Å². The van der Waals surface area contributed by atoms with E-state index >= 15 is 0 Å². The second kappa shape index (κ2) is 3.94. The van der Waals surface area contributed by atoms with Crippen molar-refractivity contribution >= 4 is 0 Å². The fraction of sp³-hybridized carbons (Fsp3) is 0.727. The van der Waals surface area contributed by atoms with Gasteiger partial charge in [-0.1, -0.05) is 0 Å². The van der Waals surface area contributed by atoms with Crippen molar-refractivity contribution in [2.75, 3.05) is 13.7 Å². The summed E-state index contributed by atoms with van der Waals surface area (Å²) in [6, 6.07) is 1.89. The van der Waals surface area contributed by atoms with Gasteiger partial charge in [-0.2, -0.15) is 5.10 Å². The van der Waals surface area contributed by atoms with Crippen LogP contribution in [0.25, 0.3) is 0 Å². The van der Waals surface area contributed by atoms with E-state index in [1.807, 2.05) is 17.7 Å². The summed E-state index contributed by atoms with van der Waals surface area (Å²) in [4.78, 5) is 0. The lowest BCUT2D eigenvalue weighted by Gasteiger charge is -2.28. The van der Waals surface area contributed by atoms with Gasteiger partial charge in [-0.25, -0.2) is 0 Å². The van der Waals surface area contributed by atoms with Gasteiger partial charge in [0.25, 0.3) is 0 Å². The van der Waals surface area contributed by atoms with E-state index in [4.69, 9.17) is 4.74 Å². The minimum Gasteiger partial charge on any atom is -0.381 e. The molecule has 0 aliphatic heterocycles. The zero-order valence-electron chi connectivity index (χ0n) is 9.31. The van der Waals surface area contributed by atoms with Gasteiger partial charge in [0.2, 0.25) is 0 Å². The van der Waals surface area contributed by atoms with Crippen molar-refractivity contribution in [2.24, 2.45) is 5.92 Å². The number of nitrogens with zero attached hydrogens (tertiary/aromatic N) is 2. The zero-order valence-corrected chi connectivity index (χ0v) is 9.31. The third kappa shape index (κ3) is 1.79. The second-order valence-electron chi connectivity index (χ2n) is 4.16. The van der Waals surface area contributed by atoms with Crippen molar-refractivity contribution in [3.63, 3.8) is 0 Å². The average Bonchev–Trinajstić information content (AvgIpc) is 2.97. The number of hydrogen-bond donors (Lipinski definition) is 1. The molecule has 1 fully saturated rings. The number of hydrogen-bond acceptors (Lipinski definition) is 3. The van der Waals surface area contributed by atoms with Crippen molar-refractivity contribution < 1.29 is 9.84 Å². The molecule has 1 aliphatic rings. The smallest absolute Gasteiger partial charge is 0.132 e. The van der Waals surface area contributed by atoms with Crippen molar-refractivity contribution in [3.8, 4) is 0 Å². The van der Waals surface area contributed by atoms with Gasteiger partial charge in [-0.15, -0.1) is 0 Å². The summed E-state index contributed by atoms with van der Waals surface area (Å²) in [5.74, 6) is 0.333. The molecule has 0 bridgehead atoms. The van der Waals surface area contributed by atoms with E-state index in [0.717, 1.165) is 25.1 Å². The summed E-state index contributed by atoms with van der Waals surface area (Å²) >= 11 is 0. The van der Waals surface area contributed by atoms with E-state index in [0.29, 0.717) is 12.5 Å². The molecule has 1 aromatic heterocycles. The van der Waals surface area contributed by atoms with Crippen LogP contribution in [0.3, 0.4) is 0 Å². The normalized spacial score (nSPS) is 20.2. The van der Waals surface area contributed by atoms with Crippen LogP contribution < -0.4 is 0 Å². The van der Waals surface area contributed by atoms with Gasteiger partial charge in [-0.05, 0) is 31.7 Å². The Kier molecular flexibility index (Phi) is 2.80. The lowest BCUT2D eigenvalue weighted by atomic mass is 9.94. The second-order valence-corrected chi connectivity index (χ2v) is 4.16. The molecule has 1 atom stereocenters. The summed E-state index contributed by atoms with van der Waals surface area (Å²) in [7, 11) is 1.63. The Labute approximate surface area is 89.9 Å². The monoisotopic (exact) mass is 210 g/mol. The van der Waals surface area contributed by atoms with E-state index in [-0.39, 0.29) is 0 Å². The first-order valence-electron chi connectivity index (χ1n) is 5.46. The van der Waals surface area contributed by atoms with Crippen LogP contribution in [0, 0.1) is 5.92 Å². The lowest BCUT2D eigenvalue weighted by Crippen LogP contribution is -2.36. The van der Waals surface area contributed by atoms with E-state index in [9.17, 15) is 5.11 Å². The number of aromatic nitrogens is 2. The molecule has 4 nitrogen and oxygen atoms in total. The van der Waals surface area contributed by atoms with E-state index in [1.54, 1.807) is 13.3 Å². The van der Waals surface area contributed by atoms with Crippen LogP contribution in [0.15, 0.2) is 12.3 Å². The van der Waals surface area contributed by atoms with Crippen LogP contribution >= 0.6 is 0 Å². The summed E-state index contributed by atoms with van der Waals surface area (Å²) in [6.45, 7) is 3.15. The van der Waals surface area contributed by atoms with Crippen molar-refractivity contribution in [1.29, 1.82) is 0 Å². The Hall–Kier alpha value is -0.870. The number of ether oxygens (including phenoxy) is 1. The van der Waals surface area contributed by atoms with E-state index < -0.39 is 5.60 Å². The maximum absolute atomic E-state index is 10.6. The zero-order chi connectivity index (χ0) is 10.9. The SMILES string of the molecule is CCn1nccc1C(O)(COC)C1CC1. The van der Waals surface area contributed by atoms with Gasteiger partial charge >= 0.3 is 0 Å². The first kappa shape index (κ1) is 10.6. The predicted octanol–water partition coefficient (Wildman–Crippen LogP) is 1.15. The van der Waals surface area contributed by atoms with E-state index in [2.05, 4.69) is 5.10 Å². The molecule has 1 aliphatic carbocycles. The molecule has 84 valence electrons. The molecule has 1 aromatic rings. The third-order valence-corrected chi connectivity index (χ3v) is 3.08. The molecule has 0 spiro atoms. The fourth-order valence-corrected chi connectivity index (χ4v) is 2.13. The number of rotatable bonds is 5. The molecular formula is C11H18N2O2. The van der Waals surface area contributed by atoms with Gasteiger partial charge in [0, 0.05) is 19.9 Å². The van der Waals surface area contributed by atoms with E-state index in [1.165, 1.54) is 0 Å². The number of methoxy groups -OCH3 is 1. The summed E-state index contributed by atoms with van der Waals surface area (Å²) in [5, 5.41) is 14.8. The molecule has 15 heavy (non-hydrogen) atoms. The van der Waals surface area contributed by atoms with Crippen molar-refractivity contribution in [1.82, 2.24) is 9.78 Å². The first-order chi connectivity index (χ1) is 7.22. The van der Waals surface area contributed by atoms with Crippen LogP contribution in [0.4, 0.5) is 0 Å². The molecule has 0 aromatic carbocycles. The van der Waals surface area contributed by atoms with Gasteiger partial charge < -0.3 is 9.84 Å². The Morgan fingerprint density at radius 1 is 1.67 bits per heavy atom. The molecule has 1 N–H and O–H groups in total. The molecule has 1 unspecified atom stereocenters. The Bertz CT molecular complexity index is 333. The summed E-state index contributed by atoms with van der Waals surface area (Å²) < 4.78 is 6.99. The van der Waals surface area contributed by atoms with Crippen LogP contribution in [0.5, 0.6) is 0 Å². The fourth-order valence-electron chi connectivity index (χ4n) is 2.13. The molecule has 0 saturated heterocycles. The highest BCUT2D eigenvalue weighted by molar-refractivity contribution is 5.16. The maximum atomic E-state index is 10.6. The van der Waals surface area contributed by atoms with Crippen LogP contribution in [0.1, 0.15) is 25.5 Å². The van der Waals surface area contributed by atoms with Gasteiger partial charge in [-0.3, -0.25) is 4.68 Å². The third-order valence-electron chi connectivity index (χ3n) is 3.08. The highest BCUT2D eigenvalue weighted by Gasteiger charge is 2.47. The quantitative estimate of drug-likeness (QED) is 0.793. The molecule has 4 heteroatoms. The minimum atomic E-state index is -0.846. The Morgan fingerprint density at radius 2 is 2.40 bits per heavy atom. The Balaban J connectivity index is 2.31. The topological polar surface area (TPSA) is 47.3 Å². The summed E-state index contributed by atoms with van der Waals surface area (Å²) in [6.07, 6.45) is 3.89. The summed E-state index contributed by atoms with van der Waals surface area (Å²) in [5.41, 5.74) is 0.0377. The van der Waals surface area contributed by atoms with Crippen molar-refractivity contribution in [3.05, 3.63) is 18.0 Å². The molecule has 0 radical (unpaired) electrons. The van der Waals surface area contributed by atoms with Crippen molar-refractivity contribution in [2.45, 2.75) is 31.9 Å². The van der Waals surface area contributed by atoms with Gasteiger partial charge in [0.15, 0.2) is 0 Å². The number of aryl methyl sites for hydroxylation is 1. The van der Waals surface area contributed by atoms with Gasteiger partial charge in [0.1, 0.15) is 5.60 Å². The van der Waals surface area contributed by atoms with Crippen LogP contribution in [-0.2, 0) is 16.9 Å². The standard InChI is InChI=1S/C11H18N2O2/c1-3-13-10(6-7-12-13)11(14,8-15-2)9-4-5-9/h6-7,9,14H,3-5,8H2,1-2H3. The average molecular weight is 210 g/mol. The molecular weight excluding hydrogens is 192 g/mol.